The number of carboxylic acids is 1. The van der Waals surface area contributed by atoms with Crippen molar-refractivity contribution in [3.8, 4) is 5.75 Å². The fourth-order valence-electron chi connectivity index (χ4n) is 1.88. The van der Waals surface area contributed by atoms with Crippen LogP contribution < -0.4 is 9.04 Å². The topological polar surface area (TPSA) is 101 Å². The van der Waals surface area contributed by atoms with E-state index in [0.29, 0.717) is 4.31 Å². The summed E-state index contributed by atoms with van der Waals surface area (Å²) in [5.41, 5.74) is -0.487. The molecule has 1 amide bonds. The molecule has 0 spiro atoms. The highest BCUT2D eigenvalue weighted by Gasteiger charge is 2.61. The molecule has 1 aliphatic heterocycles. The summed E-state index contributed by atoms with van der Waals surface area (Å²) in [4.78, 5) is 23.2. The number of carboxylic acid groups (broad SMARTS) is 1. The van der Waals surface area contributed by atoms with Gasteiger partial charge in [0.2, 0.25) is 0 Å². The van der Waals surface area contributed by atoms with Crippen LogP contribution in [0.1, 0.15) is 24.2 Å². The van der Waals surface area contributed by atoms with E-state index >= 15 is 0 Å². The van der Waals surface area contributed by atoms with Gasteiger partial charge in [-0.05, 0) is 32.0 Å². The number of hydrogen-bond donors (Lipinski definition) is 1. The Labute approximate surface area is 115 Å². The Morgan fingerprint density at radius 1 is 1.35 bits per heavy atom. The van der Waals surface area contributed by atoms with Gasteiger partial charge in [0.1, 0.15) is 5.75 Å². The average molecular weight is 299 g/mol. The van der Waals surface area contributed by atoms with Gasteiger partial charge in [-0.15, -0.1) is 0 Å². The second kappa shape index (κ2) is 4.20. The van der Waals surface area contributed by atoms with E-state index in [9.17, 15) is 18.0 Å². The number of benzene rings is 1. The van der Waals surface area contributed by atoms with E-state index in [1.165, 1.54) is 39.2 Å². The van der Waals surface area contributed by atoms with Crippen LogP contribution in [0.3, 0.4) is 0 Å². The van der Waals surface area contributed by atoms with Gasteiger partial charge in [0.05, 0.1) is 18.4 Å². The minimum Gasteiger partial charge on any atom is -0.497 e. The molecule has 1 aromatic carbocycles. The highest BCUT2D eigenvalue weighted by Crippen LogP contribution is 2.41. The summed E-state index contributed by atoms with van der Waals surface area (Å²) < 4.78 is 28.1. The summed E-state index contributed by atoms with van der Waals surface area (Å²) in [5, 5.41) is 9.15. The molecule has 108 valence electrons. The normalized spacial score (nSPS) is 19.4. The van der Waals surface area contributed by atoms with Crippen molar-refractivity contribution in [3.63, 3.8) is 0 Å². The van der Waals surface area contributed by atoms with Crippen molar-refractivity contribution < 1.29 is 27.9 Å². The van der Waals surface area contributed by atoms with Gasteiger partial charge < -0.3 is 9.84 Å². The summed E-state index contributed by atoms with van der Waals surface area (Å²) >= 11 is 0. The fourth-order valence-corrected chi connectivity index (χ4v) is 3.38. The number of carbonyl (C=O) groups is 2. The molecule has 0 unspecified atom stereocenters. The third kappa shape index (κ3) is 1.68. The lowest BCUT2D eigenvalue weighted by Gasteiger charge is -2.43. The van der Waals surface area contributed by atoms with Gasteiger partial charge in [-0.1, -0.05) is 0 Å². The number of anilines is 1. The van der Waals surface area contributed by atoms with Gasteiger partial charge in [-0.3, -0.25) is 4.79 Å². The van der Waals surface area contributed by atoms with Crippen LogP contribution in [-0.4, -0.2) is 37.3 Å². The second-order valence-electron chi connectivity index (χ2n) is 4.77. The van der Waals surface area contributed by atoms with Crippen molar-refractivity contribution in [1.29, 1.82) is 0 Å². The van der Waals surface area contributed by atoms with E-state index in [-0.39, 0.29) is 17.0 Å². The third-order valence-electron chi connectivity index (χ3n) is 3.24. The van der Waals surface area contributed by atoms with Crippen LogP contribution in [0, 0.1) is 0 Å². The Balaban J connectivity index is 2.61. The number of carbonyl (C=O) groups excluding carboxylic acids is 1. The summed E-state index contributed by atoms with van der Waals surface area (Å²) in [6.45, 7) is 2.57. The minimum absolute atomic E-state index is 0.178. The SMILES string of the molecule is COc1ccc(N2C(=O)C(C)(C)S2(=O)=O)c(C(=O)O)c1. The monoisotopic (exact) mass is 299 g/mol. The van der Waals surface area contributed by atoms with Crippen LogP contribution in [-0.2, 0) is 14.8 Å². The number of hydrogen-bond acceptors (Lipinski definition) is 5. The molecule has 2 rings (SSSR count). The van der Waals surface area contributed by atoms with Crippen LogP contribution in [0.5, 0.6) is 5.75 Å². The molecule has 1 fully saturated rings. The Morgan fingerprint density at radius 2 is 1.95 bits per heavy atom. The maximum atomic E-state index is 12.1. The van der Waals surface area contributed by atoms with Gasteiger partial charge in [0, 0.05) is 0 Å². The van der Waals surface area contributed by atoms with Crippen molar-refractivity contribution in [2.45, 2.75) is 18.6 Å². The standard InChI is InChI=1S/C12H13NO6S/c1-12(2)11(16)13(20(12,17)18)9-5-4-7(19-3)6-8(9)10(14)15/h4-6H,1-3H3,(H,14,15). The van der Waals surface area contributed by atoms with Crippen LogP contribution in [0.2, 0.25) is 0 Å². The molecule has 1 saturated heterocycles. The lowest BCUT2D eigenvalue weighted by atomic mass is 10.1. The van der Waals surface area contributed by atoms with Crippen LogP contribution in [0.15, 0.2) is 18.2 Å². The van der Waals surface area contributed by atoms with Crippen molar-refractivity contribution in [3.05, 3.63) is 23.8 Å². The summed E-state index contributed by atoms with van der Waals surface area (Å²) in [6.07, 6.45) is 0. The highest BCUT2D eigenvalue weighted by atomic mass is 32.2. The molecule has 0 aromatic heterocycles. The quantitative estimate of drug-likeness (QED) is 0.888. The molecule has 0 aliphatic carbocycles. The molecular weight excluding hydrogens is 286 g/mol. The van der Waals surface area contributed by atoms with Crippen molar-refractivity contribution in [2.24, 2.45) is 0 Å². The lowest BCUT2D eigenvalue weighted by molar-refractivity contribution is -0.120. The first kappa shape index (κ1) is 14.3. The van der Waals surface area contributed by atoms with Crippen molar-refractivity contribution in [2.75, 3.05) is 11.4 Å². The Bertz CT molecular complexity index is 707. The van der Waals surface area contributed by atoms with Crippen LogP contribution in [0.4, 0.5) is 5.69 Å². The number of rotatable bonds is 3. The molecular formula is C12H13NO6S. The minimum atomic E-state index is -3.90. The predicted molar refractivity (Wildman–Crippen MR) is 70.4 cm³/mol. The first-order chi connectivity index (χ1) is 9.14. The number of nitrogens with zero attached hydrogens (tertiary/aromatic N) is 1. The molecule has 0 saturated carbocycles. The van der Waals surface area contributed by atoms with Gasteiger partial charge in [0.25, 0.3) is 15.9 Å². The number of sulfonamides is 1. The van der Waals surface area contributed by atoms with E-state index in [2.05, 4.69) is 0 Å². The molecule has 8 heteroatoms. The van der Waals surface area contributed by atoms with Crippen LogP contribution >= 0.6 is 0 Å². The van der Waals surface area contributed by atoms with Crippen molar-refractivity contribution in [1.82, 2.24) is 0 Å². The van der Waals surface area contributed by atoms with Gasteiger partial charge in [-0.2, -0.15) is 0 Å². The second-order valence-corrected chi connectivity index (χ2v) is 7.11. The van der Waals surface area contributed by atoms with E-state index in [1.807, 2.05) is 0 Å². The van der Waals surface area contributed by atoms with Crippen LogP contribution in [0.25, 0.3) is 0 Å². The Hall–Kier alpha value is -2.09. The van der Waals surface area contributed by atoms with Gasteiger partial charge in [0.15, 0.2) is 4.75 Å². The van der Waals surface area contributed by atoms with E-state index in [0.717, 1.165) is 0 Å². The maximum absolute atomic E-state index is 12.1. The van der Waals surface area contributed by atoms with Crippen molar-refractivity contribution >= 4 is 27.6 Å². The molecule has 1 N–H and O–H groups in total. The summed E-state index contributed by atoms with van der Waals surface area (Å²) in [6, 6.07) is 3.81. The van der Waals surface area contributed by atoms with E-state index in [1.54, 1.807) is 0 Å². The van der Waals surface area contributed by atoms with E-state index in [4.69, 9.17) is 9.84 Å². The first-order valence-electron chi connectivity index (χ1n) is 5.65. The third-order valence-corrected chi connectivity index (χ3v) is 5.55. The average Bonchev–Trinajstić information content (AvgIpc) is 2.38. The number of methoxy groups -OCH3 is 1. The summed E-state index contributed by atoms with van der Waals surface area (Å²) in [7, 11) is -2.54. The number of ether oxygens (including phenoxy) is 1. The molecule has 1 aromatic rings. The van der Waals surface area contributed by atoms with E-state index < -0.39 is 26.6 Å². The smallest absolute Gasteiger partial charge is 0.337 e. The molecule has 0 atom stereocenters. The Kier molecular flexibility index (Phi) is 3.01. The molecule has 1 aliphatic rings. The predicted octanol–water partition coefficient (Wildman–Crippen LogP) is 0.848. The molecule has 0 radical (unpaired) electrons. The fraction of sp³-hybridized carbons (Fsp3) is 0.333. The lowest BCUT2D eigenvalue weighted by Crippen LogP contribution is -2.68. The van der Waals surface area contributed by atoms with Gasteiger partial charge >= 0.3 is 5.97 Å². The largest absolute Gasteiger partial charge is 0.497 e. The highest BCUT2D eigenvalue weighted by molar-refractivity contribution is 7.98. The molecule has 7 nitrogen and oxygen atoms in total. The summed E-state index contributed by atoms with van der Waals surface area (Å²) in [5.74, 6) is -1.74. The zero-order chi connectivity index (χ0) is 15.3. The zero-order valence-electron chi connectivity index (χ0n) is 11.1. The molecule has 0 bridgehead atoms. The van der Waals surface area contributed by atoms with Gasteiger partial charge in [-0.25, -0.2) is 17.5 Å². The molecule has 1 heterocycles. The molecule has 20 heavy (non-hydrogen) atoms. The number of aromatic carboxylic acids is 1. The number of amides is 1. The Morgan fingerprint density at radius 3 is 2.40 bits per heavy atom. The first-order valence-corrected chi connectivity index (χ1v) is 7.09. The zero-order valence-corrected chi connectivity index (χ0v) is 11.9. The maximum Gasteiger partial charge on any atom is 0.337 e.